The third kappa shape index (κ3) is 35.2. The lowest BCUT2D eigenvalue weighted by Crippen LogP contribution is -2.29. The Morgan fingerprint density at radius 3 is 1.53 bits per heavy atom. The van der Waals surface area contributed by atoms with E-state index in [0.717, 1.165) is 38.5 Å². The summed E-state index contributed by atoms with van der Waals surface area (Å²) < 4.78 is 26.2. The van der Waals surface area contributed by atoms with Crippen molar-refractivity contribution >= 4 is 19.8 Å². The number of carbonyl (C=O) groups is 2. The predicted octanol–water partition coefficient (Wildman–Crippen LogP) is 10.5. The minimum atomic E-state index is -4.75. The number of phosphoric ester groups is 1. The highest BCUT2D eigenvalue weighted by molar-refractivity contribution is 7.46. The van der Waals surface area contributed by atoms with Gasteiger partial charge in [0.1, 0.15) is 6.61 Å². The summed E-state index contributed by atoms with van der Waals surface area (Å²) in [5.74, 6) is -0.937. The van der Waals surface area contributed by atoms with Crippen molar-refractivity contribution < 1.29 is 37.9 Å². The van der Waals surface area contributed by atoms with Crippen molar-refractivity contribution in [2.24, 2.45) is 0 Å². The Morgan fingerprint density at radius 1 is 0.578 bits per heavy atom. The molecule has 0 rings (SSSR count). The summed E-state index contributed by atoms with van der Waals surface area (Å²) in [6.07, 6.45) is 34.9. The minimum Gasteiger partial charge on any atom is -0.462 e. The van der Waals surface area contributed by atoms with Crippen molar-refractivity contribution in [2.75, 3.05) is 13.2 Å². The highest BCUT2D eigenvalue weighted by atomic mass is 31.2. The first-order chi connectivity index (χ1) is 21.8. The topological polar surface area (TPSA) is 119 Å². The second-order valence-electron chi connectivity index (χ2n) is 12.2. The smallest absolute Gasteiger partial charge is 0.462 e. The number of phosphoric acid groups is 1. The first kappa shape index (κ1) is 43.5. The van der Waals surface area contributed by atoms with E-state index in [0.29, 0.717) is 12.8 Å². The standard InChI is InChI=1S/C36H67O8P/c1-3-5-7-9-11-13-15-16-17-18-19-20-21-23-24-26-28-30-35(37)42-32-34(33-43-45(39,40)41)44-36(38)31-29-27-25-22-14-12-10-8-6-4-2/h19-20,23-24,34H,3-18,21-22,25-33H2,1-2H3,(H2,39,40,41)/b20-19+,24-23+/t34-/m1/s1. The summed E-state index contributed by atoms with van der Waals surface area (Å²) in [5.41, 5.74) is 0. The van der Waals surface area contributed by atoms with Crippen LogP contribution < -0.4 is 0 Å². The van der Waals surface area contributed by atoms with Crippen LogP contribution in [0, 0.1) is 0 Å². The summed E-state index contributed by atoms with van der Waals surface area (Å²) in [5, 5.41) is 0. The van der Waals surface area contributed by atoms with E-state index >= 15 is 0 Å². The Bertz CT molecular complexity index is 792. The van der Waals surface area contributed by atoms with Gasteiger partial charge in [-0.1, -0.05) is 147 Å². The number of allylic oxidation sites excluding steroid dienone is 4. The molecular formula is C36H67O8P. The third-order valence-corrected chi connectivity index (χ3v) is 8.21. The van der Waals surface area contributed by atoms with Gasteiger partial charge in [-0.05, 0) is 38.5 Å². The number of rotatable bonds is 33. The Morgan fingerprint density at radius 2 is 1.02 bits per heavy atom. The SMILES string of the molecule is CCCCCCCCCCC/C=C/C/C=C/CCCC(=O)OC[C@H](COP(=O)(O)O)OC(=O)CCCCCCCCCCCC. The van der Waals surface area contributed by atoms with E-state index in [9.17, 15) is 14.2 Å². The number of ether oxygens (including phenoxy) is 2. The molecule has 0 saturated heterocycles. The third-order valence-electron chi connectivity index (χ3n) is 7.72. The number of esters is 2. The van der Waals surface area contributed by atoms with Crippen molar-refractivity contribution in [3.63, 3.8) is 0 Å². The molecular weight excluding hydrogens is 591 g/mol. The summed E-state index contributed by atoms with van der Waals surface area (Å²) in [7, 11) is -4.75. The van der Waals surface area contributed by atoms with Crippen molar-refractivity contribution in [3.05, 3.63) is 24.3 Å². The average Bonchev–Trinajstić information content (AvgIpc) is 3.00. The molecule has 0 aromatic carbocycles. The lowest BCUT2D eigenvalue weighted by molar-refractivity contribution is -0.161. The number of carbonyl (C=O) groups excluding carboxylic acids is 2. The largest absolute Gasteiger partial charge is 0.469 e. The molecule has 0 fully saturated rings. The Kier molecular flexibility index (Phi) is 31.4. The zero-order chi connectivity index (χ0) is 33.3. The van der Waals surface area contributed by atoms with E-state index < -0.39 is 32.5 Å². The van der Waals surface area contributed by atoms with Crippen LogP contribution >= 0.6 is 7.82 Å². The van der Waals surface area contributed by atoms with Gasteiger partial charge in [-0.15, -0.1) is 0 Å². The van der Waals surface area contributed by atoms with Crippen LogP contribution in [-0.4, -0.2) is 41.0 Å². The van der Waals surface area contributed by atoms with E-state index in [1.54, 1.807) is 0 Å². The van der Waals surface area contributed by atoms with E-state index in [4.69, 9.17) is 19.3 Å². The van der Waals surface area contributed by atoms with Gasteiger partial charge in [-0.3, -0.25) is 14.1 Å². The Balaban J connectivity index is 4.01. The van der Waals surface area contributed by atoms with Gasteiger partial charge in [0.25, 0.3) is 0 Å². The van der Waals surface area contributed by atoms with Crippen LogP contribution in [0.3, 0.4) is 0 Å². The molecule has 0 aliphatic rings. The lowest BCUT2D eigenvalue weighted by atomic mass is 10.1. The van der Waals surface area contributed by atoms with Crippen molar-refractivity contribution in [1.82, 2.24) is 0 Å². The number of unbranched alkanes of at least 4 members (excludes halogenated alkanes) is 19. The van der Waals surface area contributed by atoms with Gasteiger partial charge in [0, 0.05) is 12.8 Å². The van der Waals surface area contributed by atoms with Gasteiger partial charge < -0.3 is 19.3 Å². The molecule has 0 heterocycles. The van der Waals surface area contributed by atoms with E-state index in [1.807, 2.05) is 0 Å². The van der Waals surface area contributed by atoms with Crippen LogP contribution in [0.5, 0.6) is 0 Å². The molecule has 0 aliphatic heterocycles. The van der Waals surface area contributed by atoms with Gasteiger partial charge in [0.15, 0.2) is 6.10 Å². The Labute approximate surface area is 275 Å². The van der Waals surface area contributed by atoms with Crippen LogP contribution in [-0.2, 0) is 28.2 Å². The molecule has 0 saturated carbocycles. The highest BCUT2D eigenvalue weighted by Crippen LogP contribution is 2.36. The maximum Gasteiger partial charge on any atom is 0.469 e. The molecule has 0 unspecified atom stereocenters. The number of hydrogen-bond acceptors (Lipinski definition) is 6. The van der Waals surface area contributed by atoms with Crippen molar-refractivity contribution in [1.29, 1.82) is 0 Å². The van der Waals surface area contributed by atoms with E-state index in [2.05, 4.69) is 42.7 Å². The molecule has 0 radical (unpaired) electrons. The van der Waals surface area contributed by atoms with Gasteiger partial charge >= 0.3 is 19.8 Å². The summed E-state index contributed by atoms with van der Waals surface area (Å²) in [4.78, 5) is 42.5. The van der Waals surface area contributed by atoms with Gasteiger partial charge in [-0.25, -0.2) is 4.57 Å². The van der Waals surface area contributed by atoms with Crippen LogP contribution in [0.2, 0.25) is 0 Å². The summed E-state index contributed by atoms with van der Waals surface area (Å²) >= 11 is 0. The van der Waals surface area contributed by atoms with E-state index in [1.165, 1.54) is 96.3 Å². The fraction of sp³-hybridized carbons (Fsp3) is 0.833. The van der Waals surface area contributed by atoms with Gasteiger partial charge in [0.2, 0.25) is 0 Å². The molecule has 2 N–H and O–H groups in total. The predicted molar refractivity (Wildman–Crippen MR) is 184 cm³/mol. The van der Waals surface area contributed by atoms with Crippen LogP contribution in [0.4, 0.5) is 0 Å². The quantitative estimate of drug-likeness (QED) is 0.0309. The summed E-state index contributed by atoms with van der Waals surface area (Å²) in [6.45, 7) is 3.62. The second-order valence-corrected chi connectivity index (χ2v) is 13.4. The molecule has 0 bridgehead atoms. The van der Waals surface area contributed by atoms with E-state index in [-0.39, 0.29) is 19.4 Å². The molecule has 264 valence electrons. The van der Waals surface area contributed by atoms with Gasteiger partial charge in [-0.2, -0.15) is 0 Å². The first-order valence-electron chi connectivity index (χ1n) is 18.1. The summed E-state index contributed by atoms with van der Waals surface area (Å²) in [6, 6.07) is 0. The highest BCUT2D eigenvalue weighted by Gasteiger charge is 2.22. The van der Waals surface area contributed by atoms with Crippen LogP contribution in [0.1, 0.15) is 174 Å². The minimum absolute atomic E-state index is 0.206. The molecule has 1 atom stereocenters. The van der Waals surface area contributed by atoms with Crippen LogP contribution in [0.15, 0.2) is 24.3 Å². The maximum absolute atomic E-state index is 12.3. The van der Waals surface area contributed by atoms with Crippen molar-refractivity contribution in [3.8, 4) is 0 Å². The van der Waals surface area contributed by atoms with Crippen LogP contribution in [0.25, 0.3) is 0 Å². The fourth-order valence-corrected chi connectivity index (χ4v) is 5.36. The maximum atomic E-state index is 12.3. The molecule has 0 aliphatic carbocycles. The monoisotopic (exact) mass is 658 g/mol. The Hall–Kier alpha value is -1.47. The molecule has 0 aromatic rings. The number of hydrogen-bond donors (Lipinski definition) is 2. The first-order valence-corrected chi connectivity index (χ1v) is 19.7. The fourth-order valence-electron chi connectivity index (χ4n) is 5.00. The second kappa shape index (κ2) is 32.5. The van der Waals surface area contributed by atoms with Crippen molar-refractivity contribution in [2.45, 2.75) is 180 Å². The lowest BCUT2D eigenvalue weighted by Gasteiger charge is -2.18. The molecule has 45 heavy (non-hydrogen) atoms. The molecule has 9 heteroatoms. The van der Waals surface area contributed by atoms with Gasteiger partial charge in [0.05, 0.1) is 6.61 Å². The molecule has 0 aromatic heterocycles. The zero-order valence-electron chi connectivity index (χ0n) is 28.8. The molecule has 0 amide bonds. The normalized spacial score (nSPS) is 12.7. The molecule has 0 spiro atoms. The zero-order valence-corrected chi connectivity index (χ0v) is 29.7. The average molecular weight is 659 g/mol. The molecule has 8 nitrogen and oxygen atoms in total.